The highest BCUT2D eigenvalue weighted by Gasteiger charge is 2.05. The van der Waals surface area contributed by atoms with Gasteiger partial charge in [-0.15, -0.1) is 0 Å². The molecule has 0 amide bonds. The highest BCUT2D eigenvalue weighted by Crippen LogP contribution is 2.22. The third-order valence-corrected chi connectivity index (χ3v) is 2.33. The monoisotopic (exact) mass is 197 g/mol. The minimum absolute atomic E-state index is 0.674. The number of nitrogens with one attached hydrogen (secondary N) is 1. The molecule has 0 aliphatic carbocycles. The van der Waals surface area contributed by atoms with E-state index in [4.69, 9.17) is 11.0 Å². The second-order valence-electron chi connectivity index (χ2n) is 3.46. The van der Waals surface area contributed by atoms with Crippen LogP contribution < -0.4 is 5.73 Å². The average Bonchev–Trinajstić information content (AvgIpc) is 2.60. The average molecular weight is 197 g/mol. The van der Waals surface area contributed by atoms with E-state index in [1.807, 2.05) is 37.3 Å². The minimum Gasteiger partial charge on any atom is -0.399 e. The number of aromatic nitrogens is 1. The molecule has 0 fully saturated rings. The van der Waals surface area contributed by atoms with Gasteiger partial charge >= 0.3 is 0 Å². The van der Waals surface area contributed by atoms with E-state index in [9.17, 15) is 0 Å². The molecular formula is C12H11N3. The van der Waals surface area contributed by atoms with Crippen LogP contribution in [0.15, 0.2) is 30.3 Å². The highest BCUT2D eigenvalue weighted by molar-refractivity contribution is 5.66. The molecule has 0 radical (unpaired) electrons. The molecular weight excluding hydrogens is 186 g/mol. The summed E-state index contributed by atoms with van der Waals surface area (Å²) in [6, 6.07) is 11.6. The molecule has 3 nitrogen and oxygen atoms in total. The fourth-order valence-corrected chi connectivity index (χ4v) is 1.54. The van der Waals surface area contributed by atoms with Crippen molar-refractivity contribution < 1.29 is 0 Å². The lowest BCUT2D eigenvalue weighted by molar-refractivity contribution is 1.25. The molecule has 3 N–H and O–H groups in total. The first kappa shape index (κ1) is 9.35. The van der Waals surface area contributed by atoms with E-state index >= 15 is 0 Å². The summed E-state index contributed by atoms with van der Waals surface area (Å²) in [5.74, 6) is 0. The van der Waals surface area contributed by atoms with E-state index in [-0.39, 0.29) is 0 Å². The first-order chi connectivity index (χ1) is 7.20. The molecule has 0 spiro atoms. The second kappa shape index (κ2) is 3.50. The van der Waals surface area contributed by atoms with Crippen molar-refractivity contribution >= 4 is 5.69 Å². The number of nitrogen functional groups attached to an aromatic ring is 1. The molecule has 1 aromatic heterocycles. The zero-order valence-corrected chi connectivity index (χ0v) is 8.41. The van der Waals surface area contributed by atoms with Crippen molar-refractivity contribution in [2.45, 2.75) is 6.92 Å². The van der Waals surface area contributed by atoms with E-state index in [1.54, 1.807) is 0 Å². The summed E-state index contributed by atoms with van der Waals surface area (Å²) in [5.41, 5.74) is 9.90. The van der Waals surface area contributed by atoms with Crippen LogP contribution in [-0.2, 0) is 0 Å². The van der Waals surface area contributed by atoms with Gasteiger partial charge in [-0.3, -0.25) is 0 Å². The predicted octanol–water partition coefficient (Wildman–Crippen LogP) is 2.44. The Balaban J connectivity index is 2.51. The van der Waals surface area contributed by atoms with Gasteiger partial charge < -0.3 is 10.7 Å². The third-order valence-electron chi connectivity index (χ3n) is 2.33. The molecule has 74 valence electrons. The largest absolute Gasteiger partial charge is 0.399 e. The molecule has 0 unspecified atom stereocenters. The lowest BCUT2D eigenvalue weighted by Gasteiger charge is -1.98. The zero-order valence-electron chi connectivity index (χ0n) is 8.41. The topological polar surface area (TPSA) is 65.6 Å². The van der Waals surface area contributed by atoms with Crippen molar-refractivity contribution in [3.05, 3.63) is 41.6 Å². The van der Waals surface area contributed by atoms with Crippen molar-refractivity contribution in [2.24, 2.45) is 0 Å². The quantitative estimate of drug-likeness (QED) is 0.689. The number of benzene rings is 1. The molecule has 0 aliphatic rings. The predicted molar refractivity (Wildman–Crippen MR) is 60.1 cm³/mol. The van der Waals surface area contributed by atoms with Gasteiger partial charge in [0.05, 0.1) is 5.56 Å². The molecule has 1 heterocycles. The number of nitriles is 1. The number of aromatic amines is 1. The number of hydrogen-bond donors (Lipinski definition) is 2. The van der Waals surface area contributed by atoms with E-state index < -0.39 is 0 Å². The van der Waals surface area contributed by atoms with Gasteiger partial charge in [-0.25, -0.2) is 0 Å². The van der Waals surface area contributed by atoms with E-state index in [0.717, 1.165) is 22.6 Å². The summed E-state index contributed by atoms with van der Waals surface area (Å²) in [4.78, 5) is 3.16. The number of nitrogens with zero attached hydrogens (tertiary/aromatic N) is 1. The van der Waals surface area contributed by atoms with Crippen molar-refractivity contribution in [1.29, 1.82) is 5.26 Å². The van der Waals surface area contributed by atoms with E-state index in [0.29, 0.717) is 5.56 Å². The van der Waals surface area contributed by atoms with Crippen LogP contribution in [0.25, 0.3) is 11.3 Å². The molecule has 2 aromatic rings. The number of anilines is 1. The van der Waals surface area contributed by atoms with Gasteiger partial charge in [0.15, 0.2) is 0 Å². The normalized spacial score (nSPS) is 9.87. The fourth-order valence-electron chi connectivity index (χ4n) is 1.54. The summed E-state index contributed by atoms with van der Waals surface area (Å²) in [7, 11) is 0. The van der Waals surface area contributed by atoms with Gasteiger partial charge in [0, 0.05) is 22.6 Å². The first-order valence-corrected chi connectivity index (χ1v) is 4.66. The van der Waals surface area contributed by atoms with Crippen LogP contribution in [-0.4, -0.2) is 4.98 Å². The molecule has 0 aliphatic heterocycles. The van der Waals surface area contributed by atoms with Crippen LogP contribution >= 0.6 is 0 Å². The summed E-state index contributed by atoms with van der Waals surface area (Å²) in [6.45, 7) is 1.88. The minimum atomic E-state index is 0.674. The number of aryl methyl sites for hydroxylation is 1. The molecule has 15 heavy (non-hydrogen) atoms. The Bertz CT molecular complexity index is 532. The second-order valence-corrected chi connectivity index (χ2v) is 3.46. The Hall–Kier alpha value is -2.21. The maximum absolute atomic E-state index is 8.84. The SMILES string of the molecule is Cc1[nH]c(-c2cccc(N)c2)cc1C#N. The molecule has 1 aromatic carbocycles. The zero-order chi connectivity index (χ0) is 10.8. The van der Waals surface area contributed by atoms with Gasteiger partial charge in [-0.2, -0.15) is 5.26 Å². The smallest absolute Gasteiger partial charge is 0.101 e. The lowest BCUT2D eigenvalue weighted by Crippen LogP contribution is -1.85. The molecule has 0 saturated heterocycles. The van der Waals surface area contributed by atoms with Crippen LogP contribution in [0, 0.1) is 18.3 Å². The van der Waals surface area contributed by atoms with Gasteiger partial charge in [-0.1, -0.05) is 12.1 Å². The maximum atomic E-state index is 8.84. The van der Waals surface area contributed by atoms with E-state index in [1.165, 1.54) is 0 Å². The fraction of sp³-hybridized carbons (Fsp3) is 0.0833. The maximum Gasteiger partial charge on any atom is 0.101 e. The Morgan fingerprint density at radius 2 is 2.13 bits per heavy atom. The Morgan fingerprint density at radius 1 is 1.33 bits per heavy atom. The third kappa shape index (κ3) is 1.70. The van der Waals surface area contributed by atoms with Crippen LogP contribution in [0.4, 0.5) is 5.69 Å². The Labute approximate surface area is 88.2 Å². The van der Waals surface area contributed by atoms with Crippen molar-refractivity contribution in [3.63, 3.8) is 0 Å². The van der Waals surface area contributed by atoms with Crippen molar-refractivity contribution in [3.8, 4) is 17.3 Å². The number of hydrogen-bond acceptors (Lipinski definition) is 2. The van der Waals surface area contributed by atoms with Gasteiger partial charge in [-0.05, 0) is 25.1 Å². The van der Waals surface area contributed by atoms with Gasteiger partial charge in [0.25, 0.3) is 0 Å². The molecule has 0 bridgehead atoms. The van der Waals surface area contributed by atoms with Crippen LogP contribution in [0.1, 0.15) is 11.3 Å². The van der Waals surface area contributed by atoms with E-state index in [2.05, 4.69) is 11.1 Å². The summed E-state index contributed by atoms with van der Waals surface area (Å²) >= 11 is 0. The molecule has 2 rings (SSSR count). The highest BCUT2D eigenvalue weighted by atomic mass is 14.7. The lowest BCUT2D eigenvalue weighted by atomic mass is 10.1. The number of H-pyrrole nitrogens is 1. The van der Waals surface area contributed by atoms with Crippen molar-refractivity contribution in [2.75, 3.05) is 5.73 Å². The standard InChI is InChI=1S/C12H11N3/c1-8-10(7-13)6-12(15-8)9-3-2-4-11(14)5-9/h2-6,15H,14H2,1H3. The summed E-state index contributed by atoms with van der Waals surface area (Å²) in [6.07, 6.45) is 0. The molecule has 0 atom stereocenters. The summed E-state index contributed by atoms with van der Waals surface area (Å²) < 4.78 is 0. The molecule has 0 saturated carbocycles. The van der Waals surface area contributed by atoms with Crippen LogP contribution in [0.5, 0.6) is 0 Å². The first-order valence-electron chi connectivity index (χ1n) is 4.66. The van der Waals surface area contributed by atoms with Gasteiger partial charge in [0.1, 0.15) is 6.07 Å². The van der Waals surface area contributed by atoms with Crippen LogP contribution in [0.3, 0.4) is 0 Å². The molecule has 3 heteroatoms. The van der Waals surface area contributed by atoms with Gasteiger partial charge in [0.2, 0.25) is 0 Å². The summed E-state index contributed by atoms with van der Waals surface area (Å²) in [5, 5.41) is 8.84. The Kier molecular flexibility index (Phi) is 2.18. The Morgan fingerprint density at radius 3 is 2.73 bits per heavy atom. The number of nitrogens with two attached hydrogens (primary N) is 1. The van der Waals surface area contributed by atoms with Crippen LogP contribution in [0.2, 0.25) is 0 Å². The van der Waals surface area contributed by atoms with Crippen molar-refractivity contribution in [1.82, 2.24) is 4.98 Å². The number of rotatable bonds is 1.